The highest BCUT2D eigenvalue weighted by atomic mass is 32.2. The van der Waals surface area contributed by atoms with Crippen LogP contribution in [0.5, 0.6) is 5.75 Å². The molecule has 1 aliphatic heterocycles. The lowest BCUT2D eigenvalue weighted by molar-refractivity contribution is -0.245. The lowest BCUT2D eigenvalue weighted by atomic mass is 10.0. The normalized spacial score (nSPS) is 20.0. The molecule has 178 valence electrons. The second kappa shape index (κ2) is 11.5. The molecule has 0 unspecified atom stereocenters. The van der Waals surface area contributed by atoms with Crippen molar-refractivity contribution in [2.45, 2.75) is 43.3 Å². The highest BCUT2D eigenvalue weighted by Crippen LogP contribution is 2.40. The number of para-hydroxylation sites is 1. The molecule has 6 nitrogen and oxygen atoms in total. The number of ether oxygens (including phenoxy) is 3. The number of carbonyl (C=O) groups is 1. The van der Waals surface area contributed by atoms with Gasteiger partial charge in [0.05, 0.1) is 25.9 Å². The molecule has 4 rings (SSSR count). The molecule has 1 heterocycles. The van der Waals surface area contributed by atoms with Crippen LogP contribution in [0.1, 0.15) is 42.4 Å². The van der Waals surface area contributed by atoms with Crippen molar-refractivity contribution in [2.24, 2.45) is 0 Å². The smallest absolute Gasteiger partial charge is 0.221 e. The molecule has 2 N–H and O–H groups in total. The van der Waals surface area contributed by atoms with Gasteiger partial charge >= 0.3 is 0 Å². The van der Waals surface area contributed by atoms with Crippen LogP contribution in [0.4, 0.5) is 5.69 Å². The SMILES string of the molecule is COc1ccccc1SC[C@H]1C[C@@H](c2ccc(CO)cc2)O[C@@H](c2ccc(NC(C)=O)cc2)O1. The standard InChI is InChI=1S/C27H29NO5S/c1-18(30)28-22-13-11-21(12-14-22)27-32-23(17-34-26-6-4-3-5-24(26)31-2)15-25(33-27)20-9-7-19(16-29)8-10-20/h3-14,23,25,27,29H,15-17H2,1-2H3,(H,28,30)/t23-,25+,27+/m1/s1. The maximum atomic E-state index is 11.3. The fourth-order valence-corrected chi connectivity index (χ4v) is 4.92. The third kappa shape index (κ3) is 6.18. The van der Waals surface area contributed by atoms with E-state index in [4.69, 9.17) is 14.2 Å². The van der Waals surface area contributed by atoms with Gasteiger partial charge < -0.3 is 24.6 Å². The van der Waals surface area contributed by atoms with E-state index in [-0.39, 0.29) is 24.7 Å². The number of hydrogen-bond donors (Lipinski definition) is 2. The van der Waals surface area contributed by atoms with E-state index in [1.807, 2.05) is 72.8 Å². The number of aliphatic hydroxyl groups excluding tert-OH is 1. The molecule has 1 saturated heterocycles. The number of carbonyl (C=O) groups excluding carboxylic acids is 1. The zero-order chi connectivity index (χ0) is 23.9. The molecule has 0 aromatic heterocycles. The molecule has 0 aliphatic carbocycles. The molecule has 0 bridgehead atoms. The van der Waals surface area contributed by atoms with Gasteiger partial charge in [-0.1, -0.05) is 48.5 Å². The average Bonchev–Trinajstić information content (AvgIpc) is 2.87. The van der Waals surface area contributed by atoms with E-state index in [0.717, 1.165) is 38.8 Å². The molecule has 7 heteroatoms. The fraction of sp³-hybridized carbons (Fsp3) is 0.296. The van der Waals surface area contributed by atoms with Crippen LogP contribution in [0.3, 0.4) is 0 Å². The van der Waals surface area contributed by atoms with E-state index >= 15 is 0 Å². The molecule has 1 fully saturated rings. The van der Waals surface area contributed by atoms with Gasteiger partial charge in [-0.15, -0.1) is 11.8 Å². The molecule has 0 spiro atoms. The van der Waals surface area contributed by atoms with Crippen LogP contribution in [0.2, 0.25) is 0 Å². The number of rotatable bonds is 8. The number of methoxy groups -OCH3 is 1. The van der Waals surface area contributed by atoms with Gasteiger partial charge in [0.25, 0.3) is 0 Å². The fourth-order valence-electron chi connectivity index (χ4n) is 3.87. The van der Waals surface area contributed by atoms with E-state index in [9.17, 15) is 9.90 Å². The van der Waals surface area contributed by atoms with Crippen LogP contribution in [0.25, 0.3) is 0 Å². The zero-order valence-electron chi connectivity index (χ0n) is 19.3. The summed E-state index contributed by atoms with van der Waals surface area (Å²) < 4.78 is 18.2. The quantitative estimate of drug-likeness (QED) is 0.417. The number of anilines is 1. The average molecular weight is 480 g/mol. The number of aliphatic hydroxyl groups is 1. The largest absolute Gasteiger partial charge is 0.496 e. The summed E-state index contributed by atoms with van der Waals surface area (Å²) in [5.74, 6) is 1.48. The predicted molar refractivity (Wildman–Crippen MR) is 133 cm³/mol. The van der Waals surface area contributed by atoms with Crippen molar-refractivity contribution in [3.63, 3.8) is 0 Å². The first-order valence-corrected chi connectivity index (χ1v) is 12.2. The summed E-state index contributed by atoms with van der Waals surface area (Å²) in [4.78, 5) is 12.4. The number of hydrogen-bond acceptors (Lipinski definition) is 6. The topological polar surface area (TPSA) is 77.0 Å². The number of benzene rings is 3. The van der Waals surface area contributed by atoms with Crippen molar-refractivity contribution >= 4 is 23.4 Å². The predicted octanol–water partition coefficient (Wildman–Crippen LogP) is 5.48. The van der Waals surface area contributed by atoms with Crippen LogP contribution in [0.15, 0.2) is 77.7 Å². The van der Waals surface area contributed by atoms with Gasteiger partial charge in [0, 0.05) is 35.2 Å². The molecule has 1 amide bonds. The van der Waals surface area contributed by atoms with Gasteiger partial charge in [0.2, 0.25) is 5.91 Å². The van der Waals surface area contributed by atoms with E-state index in [2.05, 4.69) is 5.32 Å². The van der Waals surface area contributed by atoms with Gasteiger partial charge in [0.15, 0.2) is 6.29 Å². The van der Waals surface area contributed by atoms with Crippen LogP contribution in [-0.2, 0) is 20.9 Å². The molecule has 0 radical (unpaired) electrons. The van der Waals surface area contributed by atoms with Crippen molar-refractivity contribution in [2.75, 3.05) is 18.2 Å². The summed E-state index contributed by atoms with van der Waals surface area (Å²) in [6.07, 6.45) is -0.0249. The molecule has 3 aromatic carbocycles. The van der Waals surface area contributed by atoms with Crippen LogP contribution in [-0.4, -0.2) is 30.0 Å². The van der Waals surface area contributed by atoms with Gasteiger partial charge in [-0.3, -0.25) is 4.79 Å². The van der Waals surface area contributed by atoms with Gasteiger partial charge in [-0.05, 0) is 35.4 Å². The number of nitrogens with one attached hydrogen (secondary N) is 1. The summed E-state index contributed by atoms with van der Waals surface area (Å²) in [5.41, 5.74) is 3.53. The summed E-state index contributed by atoms with van der Waals surface area (Å²) >= 11 is 1.70. The van der Waals surface area contributed by atoms with Crippen molar-refractivity contribution in [1.82, 2.24) is 0 Å². The van der Waals surface area contributed by atoms with E-state index in [1.165, 1.54) is 6.92 Å². The highest BCUT2D eigenvalue weighted by molar-refractivity contribution is 7.99. The van der Waals surface area contributed by atoms with Gasteiger partial charge in [-0.2, -0.15) is 0 Å². The molecular weight excluding hydrogens is 450 g/mol. The minimum atomic E-state index is -0.536. The maximum Gasteiger partial charge on any atom is 0.221 e. The van der Waals surface area contributed by atoms with Crippen LogP contribution in [0, 0.1) is 0 Å². The Kier molecular flexibility index (Phi) is 8.24. The first-order valence-electron chi connectivity index (χ1n) is 11.2. The van der Waals surface area contributed by atoms with Gasteiger partial charge in [0.1, 0.15) is 5.75 Å². The first kappa shape index (κ1) is 24.3. The van der Waals surface area contributed by atoms with Crippen molar-refractivity contribution in [3.05, 3.63) is 89.5 Å². The zero-order valence-corrected chi connectivity index (χ0v) is 20.1. The number of thioether (sulfide) groups is 1. The summed E-state index contributed by atoms with van der Waals surface area (Å²) in [6, 6.07) is 23.3. The lowest BCUT2D eigenvalue weighted by Gasteiger charge is -2.36. The third-order valence-corrected chi connectivity index (χ3v) is 6.80. The Labute approximate surface area is 204 Å². The van der Waals surface area contributed by atoms with E-state index < -0.39 is 6.29 Å². The molecule has 1 aliphatic rings. The van der Waals surface area contributed by atoms with Crippen molar-refractivity contribution in [1.29, 1.82) is 0 Å². The van der Waals surface area contributed by atoms with Gasteiger partial charge in [-0.25, -0.2) is 0 Å². The van der Waals surface area contributed by atoms with Crippen molar-refractivity contribution in [3.8, 4) is 5.75 Å². The Bertz CT molecular complexity index is 1090. The Morgan fingerprint density at radius 2 is 1.74 bits per heavy atom. The second-order valence-corrected chi connectivity index (χ2v) is 9.18. The molecular formula is C27H29NO5S. The third-order valence-electron chi connectivity index (χ3n) is 5.61. The van der Waals surface area contributed by atoms with E-state index in [0.29, 0.717) is 6.42 Å². The van der Waals surface area contributed by atoms with Crippen LogP contribution >= 0.6 is 11.8 Å². The molecule has 34 heavy (non-hydrogen) atoms. The molecule has 3 aromatic rings. The Morgan fingerprint density at radius 3 is 2.41 bits per heavy atom. The molecule has 3 atom stereocenters. The summed E-state index contributed by atoms with van der Waals surface area (Å²) in [6.45, 7) is 1.49. The monoisotopic (exact) mass is 479 g/mol. The second-order valence-electron chi connectivity index (χ2n) is 8.12. The first-order chi connectivity index (χ1) is 16.6. The molecule has 0 saturated carbocycles. The Hall–Kier alpha value is -2.84. The lowest BCUT2D eigenvalue weighted by Crippen LogP contribution is -2.31. The maximum absolute atomic E-state index is 11.3. The minimum absolute atomic E-state index is 0.0103. The summed E-state index contributed by atoms with van der Waals surface area (Å²) in [7, 11) is 1.68. The van der Waals surface area contributed by atoms with Crippen LogP contribution < -0.4 is 10.1 Å². The van der Waals surface area contributed by atoms with Crippen molar-refractivity contribution < 1.29 is 24.1 Å². The highest BCUT2D eigenvalue weighted by Gasteiger charge is 2.32. The summed E-state index contributed by atoms with van der Waals surface area (Å²) in [5, 5.41) is 12.2. The van der Waals surface area contributed by atoms with E-state index in [1.54, 1.807) is 18.9 Å². The minimum Gasteiger partial charge on any atom is -0.496 e. The number of amides is 1. The Balaban J connectivity index is 1.53. The Morgan fingerprint density at radius 1 is 1.03 bits per heavy atom.